The number of rotatable bonds is 2. The van der Waals surface area contributed by atoms with Crippen LogP contribution in [0, 0.1) is 6.92 Å². The zero-order chi connectivity index (χ0) is 9.42. The first-order valence-corrected chi connectivity index (χ1v) is 5.47. The third kappa shape index (κ3) is 1.73. The second-order valence-corrected chi connectivity index (χ2v) is 4.58. The van der Waals surface area contributed by atoms with Gasteiger partial charge in [0.05, 0.1) is 0 Å². The van der Waals surface area contributed by atoms with Crippen molar-refractivity contribution >= 4 is 21.6 Å². The van der Waals surface area contributed by atoms with Crippen LogP contribution in [0.2, 0.25) is 0 Å². The van der Waals surface area contributed by atoms with Crippen LogP contribution < -0.4 is 4.90 Å². The average molecular weight is 240 g/mol. The minimum atomic E-state index is 0.785. The molecule has 1 aromatic carbocycles. The van der Waals surface area contributed by atoms with Gasteiger partial charge >= 0.3 is 0 Å². The maximum Gasteiger partial charge on any atom is 0.0407 e. The van der Waals surface area contributed by atoms with Gasteiger partial charge in [0.25, 0.3) is 0 Å². The standard InChI is InChI=1S/C11H14BrN/c1-8-10(12)4-3-5-11(8)13(2)9-6-7-9/h3-5,9H,6-7H2,1-2H3. The fourth-order valence-corrected chi connectivity index (χ4v) is 1.99. The molecule has 0 radical (unpaired) electrons. The highest BCUT2D eigenvalue weighted by molar-refractivity contribution is 9.10. The smallest absolute Gasteiger partial charge is 0.0407 e. The molecule has 0 atom stereocenters. The number of halogens is 1. The fourth-order valence-electron chi connectivity index (χ4n) is 1.64. The van der Waals surface area contributed by atoms with Crippen molar-refractivity contribution in [2.24, 2.45) is 0 Å². The summed E-state index contributed by atoms with van der Waals surface area (Å²) in [5, 5.41) is 0. The molecule has 1 nitrogen and oxygen atoms in total. The van der Waals surface area contributed by atoms with E-state index in [1.807, 2.05) is 0 Å². The predicted molar refractivity (Wildman–Crippen MR) is 60.3 cm³/mol. The fraction of sp³-hybridized carbons (Fsp3) is 0.455. The number of benzene rings is 1. The molecule has 0 saturated heterocycles. The molecule has 1 fully saturated rings. The molecule has 0 amide bonds. The van der Waals surface area contributed by atoms with Crippen molar-refractivity contribution in [2.75, 3.05) is 11.9 Å². The molecular weight excluding hydrogens is 226 g/mol. The van der Waals surface area contributed by atoms with E-state index in [2.05, 4.69) is 53.0 Å². The lowest BCUT2D eigenvalue weighted by Crippen LogP contribution is -2.20. The van der Waals surface area contributed by atoms with Gasteiger partial charge in [-0.1, -0.05) is 22.0 Å². The van der Waals surface area contributed by atoms with Crippen LogP contribution in [0.5, 0.6) is 0 Å². The number of nitrogens with zero attached hydrogens (tertiary/aromatic N) is 1. The van der Waals surface area contributed by atoms with E-state index in [1.165, 1.54) is 28.6 Å². The van der Waals surface area contributed by atoms with Crippen molar-refractivity contribution in [3.8, 4) is 0 Å². The molecule has 0 aliphatic heterocycles. The second kappa shape index (κ2) is 3.33. The first-order chi connectivity index (χ1) is 6.20. The topological polar surface area (TPSA) is 3.24 Å². The Hall–Kier alpha value is -0.500. The van der Waals surface area contributed by atoms with Crippen molar-refractivity contribution in [1.82, 2.24) is 0 Å². The van der Waals surface area contributed by atoms with Gasteiger partial charge in [-0.05, 0) is 37.5 Å². The van der Waals surface area contributed by atoms with Crippen LogP contribution in [0.15, 0.2) is 22.7 Å². The minimum Gasteiger partial charge on any atom is -0.371 e. The number of hydrogen-bond donors (Lipinski definition) is 0. The van der Waals surface area contributed by atoms with Gasteiger partial charge in [0.2, 0.25) is 0 Å². The van der Waals surface area contributed by atoms with Crippen molar-refractivity contribution < 1.29 is 0 Å². The van der Waals surface area contributed by atoms with Crippen LogP contribution in [0.3, 0.4) is 0 Å². The molecule has 2 heteroatoms. The molecule has 1 aromatic rings. The highest BCUT2D eigenvalue weighted by Crippen LogP contribution is 2.34. The van der Waals surface area contributed by atoms with Gasteiger partial charge in [0.1, 0.15) is 0 Å². The summed E-state index contributed by atoms with van der Waals surface area (Å²) in [7, 11) is 2.19. The van der Waals surface area contributed by atoms with E-state index in [1.54, 1.807) is 0 Å². The number of hydrogen-bond acceptors (Lipinski definition) is 1. The zero-order valence-corrected chi connectivity index (χ0v) is 9.63. The van der Waals surface area contributed by atoms with Crippen LogP contribution >= 0.6 is 15.9 Å². The molecule has 0 bridgehead atoms. The molecule has 1 aliphatic carbocycles. The van der Waals surface area contributed by atoms with Crippen LogP contribution in [-0.2, 0) is 0 Å². The van der Waals surface area contributed by atoms with Crippen molar-refractivity contribution in [2.45, 2.75) is 25.8 Å². The Morgan fingerprint density at radius 2 is 2.08 bits per heavy atom. The number of anilines is 1. The molecule has 0 aromatic heterocycles. The van der Waals surface area contributed by atoms with E-state index < -0.39 is 0 Å². The third-order valence-electron chi connectivity index (χ3n) is 2.71. The molecule has 1 saturated carbocycles. The van der Waals surface area contributed by atoms with Gasteiger partial charge in [0.15, 0.2) is 0 Å². The summed E-state index contributed by atoms with van der Waals surface area (Å²) in [5.41, 5.74) is 2.70. The maximum atomic E-state index is 3.56. The monoisotopic (exact) mass is 239 g/mol. The van der Waals surface area contributed by atoms with Crippen LogP contribution in [0.4, 0.5) is 5.69 Å². The van der Waals surface area contributed by atoms with E-state index in [0.29, 0.717) is 0 Å². The Bertz CT molecular complexity index is 318. The van der Waals surface area contributed by atoms with E-state index >= 15 is 0 Å². The highest BCUT2D eigenvalue weighted by atomic mass is 79.9. The maximum absolute atomic E-state index is 3.56. The molecule has 70 valence electrons. The van der Waals surface area contributed by atoms with Gasteiger partial charge in [-0.15, -0.1) is 0 Å². The molecule has 13 heavy (non-hydrogen) atoms. The SMILES string of the molecule is Cc1c(Br)cccc1N(C)C1CC1. The first-order valence-electron chi connectivity index (χ1n) is 4.68. The van der Waals surface area contributed by atoms with Gasteiger partial charge in [-0.25, -0.2) is 0 Å². The molecule has 0 spiro atoms. The van der Waals surface area contributed by atoms with Crippen molar-refractivity contribution in [3.05, 3.63) is 28.2 Å². The summed E-state index contributed by atoms with van der Waals surface area (Å²) < 4.78 is 1.21. The lowest BCUT2D eigenvalue weighted by atomic mass is 10.2. The molecule has 0 unspecified atom stereocenters. The summed E-state index contributed by atoms with van der Waals surface area (Å²) in [6.07, 6.45) is 2.70. The Balaban J connectivity index is 2.32. The molecule has 2 rings (SSSR count). The third-order valence-corrected chi connectivity index (χ3v) is 3.57. The highest BCUT2D eigenvalue weighted by Gasteiger charge is 2.27. The normalized spacial score (nSPS) is 15.9. The van der Waals surface area contributed by atoms with Crippen LogP contribution in [0.1, 0.15) is 18.4 Å². The van der Waals surface area contributed by atoms with Crippen LogP contribution in [0.25, 0.3) is 0 Å². The molecule has 0 N–H and O–H groups in total. The van der Waals surface area contributed by atoms with Crippen molar-refractivity contribution in [3.63, 3.8) is 0 Å². The molecular formula is C11H14BrN. The van der Waals surface area contributed by atoms with E-state index in [0.717, 1.165) is 6.04 Å². The average Bonchev–Trinajstić information content (AvgIpc) is 2.91. The van der Waals surface area contributed by atoms with Gasteiger partial charge in [0, 0.05) is 23.2 Å². The molecule has 1 aliphatic rings. The Kier molecular flexibility index (Phi) is 2.33. The van der Waals surface area contributed by atoms with Gasteiger partial charge in [-0.2, -0.15) is 0 Å². The van der Waals surface area contributed by atoms with Crippen molar-refractivity contribution in [1.29, 1.82) is 0 Å². The molecule has 0 heterocycles. The van der Waals surface area contributed by atoms with E-state index in [9.17, 15) is 0 Å². The van der Waals surface area contributed by atoms with Crippen LogP contribution in [-0.4, -0.2) is 13.1 Å². The summed E-state index contributed by atoms with van der Waals surface area (Å²) in [6.45, 7) is 2.16. The zero-order valence-electron chi connectivity index (χ0n) is 8.05. The summed E-state index contributed by atoms with van der Waals surface area (Å²) in [5.74, 6) is 0. The Labute approximate surface area is 87.9 Å². The largest absolute Gasteiger partial charge is 0.371 e. The Morgan fingerprint density at radius 1 is 1.38 bits per heavy atom. The summed E-state index contributed by atoms with van der Waals surface area (Å²) in [6, 6.07) is 7.18. The predicted octanol–water partition coefficient (Wildman–Crippen LogP) is 3.36. The minimum absolute atomic E-state index is 0.785. The van der Waals surface area contributed by atoms with E-state index in [-0.39, 0.29) is 0 Å². The summed E-state index contributed by atoms with van der Waals surface area (Å²) in [4.78, 5) is 2.39. The first kappa shape index (κ1) is 9.07. The van der Waals surface area contributed by atoms with E-state index in [4.69, 9.17) is 0 Å². The van der Waals surface area contributed by atoms with Gasteiger partial charge in [-0.3, -0.25) is 0 Å². The summed E-state index contributed by atoms with van der Waals surface area (Å²) >= 11 is 3.56. The Morgan fingerprint density at radius 3 is 2.69 bits per heavy atom. The lowest BCUT2D eigenvalue weighted by molar-refractivity contribution is 0.910. The second-order valence-electron chi connectivity index (χ2n) is 3.73. The lowest BCUT2D eigenvalue weighted by Gasteiger charge is -2.21. The van der Waals surface area contributed by atoms with Gasteiger partial charge < -0.3 is 4.90 Å². The quantitative estimate of drug-likeness (QED) is 0.766.